The summed E-state index contributed by atoms with van der Waals surface area (Å²) in [5, 5.41) is 3.96. The minimum absolute atomic E-state index is 0.321. The Bertz CT molecular complexity index is 896. The number of nitrogens with one attached hydrogen (secondary N) is 1. The van der Waals surface area contributed by atoms with E-state index in [1.54, 1.807) is 18.5 Å². The van der Waals surface area contributed by atoms with Crippen molar-refractivity contribution in [1.82, 2.24) is 10.4 Å². The van der Waals surface area contributed by atoms with Crippen molar-refractivity contribution >= 4 is 28.1 Å². The second-order valence-electron chi connectivity index (χ2n) is 5.43. The number of pyridine rings is 1. The van der Waals surface area contributed by atoms with Gasteiger partial charge in [-0.05, 0) is 57.4 Å². The van der Waals surface area contributed by atoms with Gasteiger partial charge in [-0.25, -0.2) is 5.43 Å². The zero-order valence-electron chi connectivity index (χ0n) is 13.8. The number of hydrogen-bond donors (Lipinski definition) is 1. The smallest absolute Gasteiger partial charge is 0.272 e. The van der Waals surface area contributed by atoms with Crippen LogP contribution in [0.3, 0.4) is 0 Å². The molecule has 0 aliphatic carbocycles. The molecule has 0 atom stereocenters. The number of nitrogens with zero attached hydrogens (tertiary/aromatic N) is 2. The van der Waals surface area contributed by atoms with Crippen LogP contribution < -0.4 is 10.2 Å². The fourth-order valence-electron chi connectivity index (χ4n) is 2.16. The fraction of sp³-hybridized carbons (Fsp3) is 0.0500. The maximum absolute atomic E-state index is 12.0. The molecule has 3 rings (SSSR count). The van der Waals surface area contributed by atoms with Crippen LogP contribution in [0, 0.1) is 0 Å². The summed E-state index contributed by atoms with van der Waals surface area (Å²) in [6.45, 7) is 0.519. The van der Waals surface area contributed by atoms with Crippen LogP contribution in [-0.4, -0.2) is 17.1 Å². The summed E-state index contributed by atoms with van der Waals surface area (Å²) >= 11 is 3.28. The van der Waals surface area contributed by atoms with Crippen molar-refractivity contribution in [2.75, 3.05) is 0 Å². The lowest BCUT2D eigenvalue weighted by Crippen LogP contribution is -2.17. The highest BCUT2D eigenvalue weighted by molar-refractivity contribution is 9.10. The molecule has 1 N–H and O–H groups in total. The van der Waals surface area contributed by atoms with Gasteiger partial charge in [0, 0.05) is 16.9 Å². The molecule has 0 fully saturated rings. The average molecular weight is 410 g/mol. The molecule has 1 heterocycles. The molecule has 0 spiro atoms. The lowest BCUT2D eigenvalue weighted by atomic mass is 10.2. The lowest BCUT2D eigenvalue weighted by molar-refractivity contribution is 0.0954. The number of carbonyl (C=O) groups excluding carboxylic acids is 1. The Labute approximate surface area is 159 Å². The molecular weight excluding hydrogens is 394 g/mol. The summed E-state index contributed by atoms with van der Waals surface area (Å²) < 4.78 is 6.47. The van der Waals surface area contributed by atoms with E-state index in [-0.39, 0.29) is 5.91 Å². The molecule has 26 heavy (non-hydrogen) atoms. The van der Waals surface area contributed by atoms with Crippen molar-refractivity contribution in [2.24, 2.45) is 5.10 Å². The number of rotatable bonds is 6. The Balaban J connectivity index is 1.52. The monoisotopic (exact) mass is 409 g/mol. The summed E-state index contributed by atoms with van der Waals surface area (Å²) in [5.41, 5.74) is 4.87. The summed E-state index contributed by atoms with van der Waals surface area (Å²) in [6, 6.07) is 19.1. The lowest BCUT2D eigenvalue weighted by Gasteiger charge is -2.06. The van der Waals surface area contributed by atoms with E-state index in [9.17, 15) is 4.79 Å². The van der Waals surface area contributed by atoms with E-state index < -0.39 is 0 Å². The van der Waals surface area contributed by atoms with Crippen LogP contribution >= 0.6 is 15.9 Å². The summed E-state index contributed by atoms with van der Waals surface area (Å²) in [4.78, 5) is 15.9. The van der Waals surface area contributed by atoms with Gasteiger partial charge in [-0.1, -0.05) is 30.3 Å². The van der Waals surface area contributed by atoms with Crippen LogP contribution in [0.5, 0.6) is 5.75 Å². The van der Waals surface area contributed by atoms with Gasteiger partial charge in [0.1, 0.15) is 12.4 Å². The molecule has 2 aromatic carbocycles. The average Bonchev–Trinajstić information content (AvgIpc) is 2.68. The van der Waals surface area contributed by atoms with Crippen molar-refractivity contribution < 1.29 is 9.53 Å². The maximum Gasteiger partial charge on any atom is 0.272 e. The Kier molecular flexibility index (Phi) is 6.11. The van der Waals surface area contributed by atoms with E-state index in [2.05, 4.69) is 31.4 Å². The number of aromatic nitrogens is 1. The van der Waals surface area contributed by atoms with Crippen molar-refractivity contribution in [3.63, 3.8) is 0 Å². The third-order valence-electron chi connectivity index (χ3n) is 3.48. The van der Waals surface area contributed by atoms with Gasteiger partial charge in [-0.3, -0.25) is 9.78 Å². The topological polar surface area (TPSA) is 63.6 Å². The predicted octanol–water partition coefficient (Wildman–Crippen LogP) is 4.19. The minimum Gasteiger partial charge on any atom is -0.489 e. The largest absolute Gasteiger partial charge is 0.489 e. The second kappa shape index (κ2) is 8.92. The van der Waals surface area contributed by atoms with Crippen LogP contribution in [0.2, 0.25) is 0 Å². The van der Waals surface area contributed by atoms with E-state index in [0.29, 0.717) is 12.2 Å². The second-order valence-corrected chi connectivity index (χ2v) is 6.35. The molecular formula is C20H16BrN3O2. The quantitative estimate of drug-likeness (QED) is 0.490. The number of halogens is 1. The van der Waals surface area contributed by atoms with Gasteiger partial charge in [0.2, 0.25) is 0 Å². The third-order valence-corrected chi connectivity index (χ3v) is 3.91. The van der Waals surface area contributed by atoms with E-state index in [1.165, 1.54) is 6.20 Å². The highest BCUT2D eigenvalue weighted by Crippen LogP contribution is 2.13. The van der Waals surface area contributed by atoms with Crippen LogP contribution in [0.25, 0.3) is 0 Å². The van der Waals surface area contributed by atoms with E-state index >= 15 is 0 Å². The van der Waals surface area contributed by atoms with Crippen molar-refractivity contribution in [1.29, 1.82) is 0 Å². The van der Waals surface area contributed by atoms with Crippen LogP contribution in [0.1, 0.15) is 21.5 Å². The normalized spacial score (nSPS) is 10.7. The first-order valence-electron chi connectivity index (χ1n) is 7.91. The number of ether oxygens (including phenoxy) is 1. The minimum atomic E-state index is -0.321. The zero-order chi connectivity index (χ0) is 18.2. The number of hydrogen-bond acceptors (Lipinski definition) is 4. The number of benzene rings is 2. The van der Waals surface area contributed by atoms with Crippen LogP contribution in [0.4, 0.5) is 0 Å². The molecule has 0 saturated carbocycles. The zero-order valence-corrected chi connectivity index (χ0v) is 15.4. The summed E-state index contributed by atoms with van der Waals surface area (Å²) in [6.07, 6.45) is 4.67. The molecule has 0 unspecified atom stereocenters. The van der Waals surface area contributed by atoms with E-state index in [1.807, 2.05) is 54.6 Å². The predicted molar refractivity (Wildman–Crippen MR) is 104 cm³/mol. The van der Waals surface area contributed by atoms with Crippen molar-refractivity contribution in [3.8, 4) is 5.75 Å². The van der Waals surface area contributed by atoms with Crippen LogP contribution in [0.15, 0.2) is 82.6 Å². The number of hydrazone groups is 1. The van der Waals surface area contributed by atoms with Gasteiger partial charge in [0.25, 0.3) is 5.91 Å². The highest BCUT2D eigenvalue weighted by Gasteiger charge is 2.04. The maximum atomic E-state index is 12.0. The standard InChI is InChI=1S/C20H16BrN3O2/c21-18-10-17(12-22-13-18)20(25)24-23-11-15-6-8-19(9-7-15)26-14-16-4-2-1-3-5-16/h1-13H,14H2,(H,24,25)/b23-11-. The van der Waals surface area contributed by atoms with Crippen molar-refractivity contribution in [2.45, 2.75) is 6.61 Å². The van der Waals surface area contributed by atoms with E-state index in [4.69, 9.17) is 4.74 Å². The molecule has 1 aromatic heterocycles. The van der Waals surface area contributed by atoms with Gasteiger partial charge >= 0.3 is 0 Å². The highest BCUT2D eigenvalue weighted by atomic mass is 79.9. The van der Waals surface area contributed by atoms with Crippen LogP contribution in [-0.2, 0) is 6.61 Å². The summed E-state index contributed by atoms with van der Waals surface area (Å²) in [5.74, 6) is 0.452. The SMILES string of the molecule is O=C(N/N=C\c1ccc(OCc2ccccc2)cc1)c1cncc(Br)c1. The third kappa shape index (κ3) is 5.26. The number of amides is 1. The fourth-order valence-corrected chi connectivity index (χ4v) is 2.52. The van der Waals surface area contributed by atoms with Gasteiger partial charge < -0.3 is 4.74 Å². The molecule has 5 nitrogen and oxygen atoms in total. The Morgan fingerprint density at radius 2 is 1.88 bits per heavy atom. The molecule has 130 valence electrons. The van der Waals surface area contributed by atoms with Gasteiger partial charge in [0.15, 0.2) is 0 Å². The molecule has 6 heteroatoms. The van der Waals surface area contributed by atoms with E-state index in [0.717, 1.165) is 21.3 Å². The Hall–Kier alpha value is -2.99. The Morgan fingerprint density at radius 3 is 2.62 bits per heavy atom. The van der Waals surface area contributed by atoms with Gasteiger partial charge in [0.05, 0.1) is 11.8 Å². The molecule has 0 aliphatic heterocycles. The van der Waals surface area contributed by atoms with Gasteiger partial charge in [-0.2, -0.15) is 5.10 Å². The first kappa shape index (κ1) is 17.8. The molecule has 3 aromatic rings. The molecule has 0 saturated heterocycles. The first-order valence-corrected chi connectivity index (χ1v) is 8.71. The van der Waals surface area contributed by atoms with Crippen molar-refractivity contribution in [3.05, 3.63) is 94.2 Å². The first-order chi connectivity index (χ1) is 12.7. The number of carbonyl (C=O) groups is 1. The Morgan fingerprint density at radius 1 is 1.12 bits per heavy atom. The summed E-state index contributed by atoms with van der Waals surface area (Å²) in [7, 11) is 0. The molecule has 1 amide bonds. The molecule has 0 bridgehead atoms. The molecule has 0 radical (unpaired) electrons. The molecule has 0 aliphatic rings. The van der Waals surface area contributed by atoms with Gasteiger partial charge in [-0.15, -0.1) is 0 Å².